The zero-order chi connectivity index (χ0) is 14.0. The second kappa shape index (κ2) is 3.64. The summed E-state index contributed by atoms with van der Waals surface area (Å²) in [6.45, 7) is 19.7. The normalized spacial score (nSPS) is 32.0. The highest BCUT2D eigenvalue weighted by Gasteiger charge is 2.51. The van der Waals surface area contributed by atoms with Gasteiger partial charge in [0.25, 0.3) is 0 Å². The summed E-state index contributed by atoms with van der Waals surface area (Å²) < 4.78 is 0. The number of hydrogen-bond donors (Lipinski definition) is 0. The van der Waals surface area contributed by atoms with Crippen LogP contribution in [0.3, 0.4) is 0 Å². The molecule has 0 spiro atoms. The van der Waals surface area contributed by atoms with Gasteiger partial charge in [0, 0.05) is 0 Å². The second-order valence-electron chi connectivity index (χ2n) is 9.29. The molecular weight excluding hydrogens is 217 g/mol. The number of hydrogen-bond acceptors (Lipinski definition) is 0. The van der Waals surface area contributed by atoms with Crippen molar-refractivity contribution in [3.63, 3.8) is 0 Å². The molecule has 2 fully saturated rings. The summed E-state index contributed by atoms with van der Waals surface area (Å²) >= 11 is 0. The van der Waals surface area contributed by atoms with Crippen LogP contribution in [-0.4, -0.2) is 0 Å². The van der Waals surface area contributed by atoms with Crippen molar-refractivity contribution >= 4 is 0 Å². The zero-order valence-electron chi connectivity index (χ0n) is 13.8. The monoisotopic (exact) mass is 249 g/mol. The van der Waals surface area contributed by atoms with Crippen LogP contribution in [0.5, 0.6) is 0 Å². The maximum Gasteiger partial charge on any atom is -0.0136 e. The zero-order valence-corrected chi connectivity index (χ0v) is 13.8. The first kappa shape index (κ1) is 14.2. The predicted octanol–water partition coefficient (Wildman–Crippen LogP) is 5.98. The molecule has 0 nitrogen and oxygen atoms in total. The molecule has 0 heterocycles. The minimum Gasteiger partial charge on any atom is -0.0586 e. The molecule has 0 heteroatoms. The largest absolute Gasteiger partial charge is 0.0586 e. The Morgan fingerprint density at radius 3 is 0.778 bits per heavy atom. The van der Waals surface area contributed by atoms with Crippen LogP contribution in [0.2, 0.25) is 0 Å². The lowest BCUT2D eigenvalue weighted by molar-refractivity contribution is 0.363. The SMILES string of the molecule is CC1(C)CCC(C)(C)C1=[13C]1C(C)(C)CCC1(C)C. The van der Waals surface area contributed by atoms with E-state index in [1.165, 1.54) is 25.7 Å². The van der Waals surface area contributed by atoms with E-state index in [-0.39, 0.29) is 0 Å². The van der Waals surface area contributed by atoms with Crippen molar-refractivity contribution in [2.24, 2.45) is 21.7 Å². The Morgan fingerprint density at radius 1 is 0.444 bits per heavy atom. The molecular formula is C18H32. The highest BCUT2D eigenvalue weighted by Crippen LogP contribution is 2.63. The molecule has 0 bridgehead atoms. The average Bonchev–Trinajstić information content (AvgIpc) is 2.49. The van der Waals surface area contributed by atoms with Gasteiger partial charge in [0.2, 0.25) is 0 Å². The Balaban J connectivity index is 2.71. The average molecular weight is 249 g/mol. The van der Waals surface area contributed by atoms with E-state index in [4.69, 9.17) is 0 Å². The molecule has 0 aliphatic heterocycles. The molecule has 0 saturated heterocycles. The smallest absolute Gasteiger partial charge is 0.0136 e. The molecule has 2 rings (SSSR count). The molecule has 0 amide bonds. The molecule has 0 aromatic heterocycles. The standard InChI is InChI=1S/C18H32/c1-15(2)9-10-16(3,4)13(15)14-17(5,6)11-12-18(14,7)8/h9-12H2,1-8H3/i13+1. The van der Waals surface area contributed by atoms with Crippen LogP contribution < -0.4 is 0 Å². The van der Waals surface area contributed by atoms with Gasteiger partial charge in [0.05, 0.1) is 0 Å². The Morgan fingerprint density at radius 2 is 0.611 bits per heavy atom. The van der Waals surface area contributed by atoms with E-state index >= 15 is 0 Å². The molecule has 2 aliphatic carbocycles. The Hall–Kier alpha value is -0.260. The maximum absolute atomic E-state index is 2.47. The molecule has 0 aromatic rings. The van der Waals surface area contributed by atoms with Gasteiger partial charge < -0.3 is 0 Å². The van der Waals surface area contributed by atoms with E-state index in [0.717, 1.165) is 0 Å². The summed E-state index contributed by atoms with van der Waals surface area (Å²) in [5, 5.41) is 0. The fourth-order valence-electron chi connectivity index (χ4n) is 4.94. The van der Waals surface area contributed by atoms with Gasteiger partial charge in [-0.25, -0.2) is 0 Å². The Bertz CT molecular complexity index is 314. The van der Waals surface area contributed by atoms with Crippen LogP contribution >= 0.6 is 0 Å². The fourth-order valence-corrected chi connectivity index (χ4v) is 4.94. The van der Waals surface area contributed by atoms with Crippen molar-refractivity contribution in [3.05, 3.63) is 11.1 Å². The minimum atomic E-state index is 0.401. The lowest BCUT2D eigenvalue weighted by Gasteiger charge is -2.39. The van der Waals surface area contributed by atoms with Crippen molar-refractivity contribution in [3.8, 4) is 0 Å². The molecule has 2 saturated carbocycles. The van der Waals surface area contributed by atoms with Crippen LogP contribution in [0.4, 0.5) is 0 Å². The third-order valence-electron chi connectivity index (χ3n) is 5.71. The van der Waals surface area contributed by atoms with Crippen molar-refractivity contribution in [2.75, 3.05) is 0 Å². The van der Waals surface area contributed by atoms with Gasteiger partial charge in [-0.3, -0.25) is 0 Å². The lowest BCUT2D eigenvalue weighted by Crippen LogP contribution is -2.28. The molecule has 2 aliphatic rings. The maximum atomic E-state index is 2.47. The first-order chi connectivity index (χ1) is 7.90. The van der Waals surface area contributed by atoms with Crippen LogP contribution in [0.25, 0.3) is 0 Å². The van der Waals surface area contributed by atoms with Gasteiger partial charge in [0.1, 0.15) is 0 Å². The van der Waals surface area contributed by atoms with E-state index < -0.39 is 0 Å². The first-order valence-electron chi connectivity index (χ1n) is 7.66. The van der Waals surface area contributed by atoms with E-state index in [1.807, 2.05) is 0 Å². The summed E-state index contributed by atoms with van der Waals surface area (Å²) in [5.41, 5.74) is 5.19. The lowest BCUT2D eigenvalue weighted by atomic mass is 9.76. The summed E-state index contributed by atoms with van der Waals surface area (Å²) in [6.07, 6.45) is 5.41. The number of allylic oxidation sites excluding steroid dienone is 2. The first-order valence-corrected chi connectivity index (χ1v) is 7.66. The van der Waals surface area contributed by atoms with Gasteiger partial charge in [-0.15, -0.1) is 0 Å². The van der Waals surface area contributed by atoms with Crippen molar-refractivity contribution in [1.29, 1.82) is 0 Å². The molecule has 0 atom stereocenters. The van der Waals surface area contributed by atoms with Crippen LogP contribution in [0.15, 0.2) is 11.1 Å². The summed E-state index contributed by atoms with van der Waals surface area (Å²) in [6, 6.07) is 0. The second-order valence-corrected chi connectivity index (χ2v) is 9.29. The van der Waals surface area contributed by atoms with Gasteiger partial charge in [-0.2, -0.15) is 0 Å². The van der Waals surface area contributed by atoms with Crippen LogP contribution in [0, 0.1) is 21.7 Å². The molecule has 0 radical (unpaired) electrons. The molecule has 0 unspecified atom stereocenters. The molecule has 0 aromatic carbocycles. The van der Waals surface area contributed by atoms with Crippen LogP contribution in [-0.2, 0) is 0 Å². The van der Waals surface area contributed by atoms with Crippen molar-refractivity contribution in [2.45, 2.75) is 81.1 Å². The highest BCUT2D eigenvalue weighted by atomic mass is 14.8. The van der Waals surface area contributed by atoms with Crippen LogP contribution in [0.1, 0.15) is 81.1 Å². The third-order valence-corrected chi connectivity index (χ3v) is 5.71. The molecule has 0 N–H and O–H groups in total. The van der Waals surface area contributed by atoms with E-state index in [2.05, 4.69) is 55.4 Å². The molecule has 104 valence electrons. The van der Waals surface area contributed by atoms with Gasteiger partial charge in [-0.05, 0) is 47.3 Å². The van der Waals surface area contributed by atoms with Gasteiger partial charge in [-0.1, -0.05) is 66.5 Å². The minimum absolute atomic E-state index is 0.401. The fraction of sp³-hybridized carbons (Fsp3) is 0.889. The van der Waals surface area contributed by atoms with Gasteiger partial charge >= 0.3 is 0 Å². The summed E-state index contributed by atoms with van der Waals surface area (Å²) in [4.78, 5) is 0. The predicted molar refractivity (Wildman–Crippen MR) is 80.6 cm³/mol. The Labute approximate surface area is 114 Å². The van der Waals surface area contributed by atoms with E-state index in [1.54, 1.807) is 11.1 Å². The highest BCUT2D eigenvalue weighted by molar-refractivity contribution is 5.39. The van der Waals surface area contributed by atoms with Crippen molar-refractivity contribution < 1.29 is 0 Å². The topological polar surface area (TPSA) is 0 Å². The Kier molecular flexibility index (Phi) is 2.87. The van der Waals surface area contributed by atoms with E-state index in [0.29, 0.717) is 21.7 Å². The third kappa shape index (κ3) is 1.96. The summed E-state index contributed by atoms with van der Waals surface area (Å²) in [7, 11) is 0. The molecule has 18 heavy (non-hydrogen) atoms. The van der Waals surface area contributed by atoms with Gasteiger partial charge in [0.15, 0.2) is 0 Å². The summed E-state index contributed by atoms with van der Waals surface area (Å²) in [5.74, 6) is 0. The number of rotatable bonds is 0. The van der Waals surface area contributed by atoms with Crippen molar-refractivity contribution in [1.82, 2.24) is 0 Å². The van der Waals surface area contributed by atoms with E-state index in [9.17, 15) is 0 Å². The quantitative estimate of drug-likeness (QED) is 0.366.